The number of allylic oxidation sites excluding steroid dienone is 1. The number of imidazole rings is 1. The van der Waals surface area contributed by atoms with Gasteiger partial charge in [0.2, 0.25) is 0 Å². The number of para-hydroxylation sites is 2. The van der Waals surface area contributed by atoms with Gasteiger partial charge in [-0.15, -0.1) is 0 Å². The highest BCUT2D eigenvalue weighted by Crippen LogP contribution is 2.26. The minimum Gasteiger partial charge on any atom is -0.492 e. The molecule has 0 bridgehead atoms. The van der Waals surface area contributed by atoms with Gasteiger partial charge in [0.1, 0.15) is 12.4 Å². The summed E-state index contributed by atoms with van der Waals surface area (Å²) in [7, 11) is -1.32. The van der Waals surface area contributed by atoms with E-state index >= 15 is 0 Å². The van der Waals surface area contributed by atoms with Crippen molar-refractivity contribution in [3.63, 3.8) is 0 Å². The topological polar surface area (TPSA) is 85.8 Å². The summed E-state index contributed by atoms with van der Waals surface area (Å²) in [5.74, 6) is 1.17. The summed E-state index contributed by atoms with van der Waals surface area (Å²) < 4.78 is 30.5. The fourth-order valence-electron chi connectivity index (χ4n) is 3.52. The highest BCUT2D eigenvalue weighted by atomic mass is 32.2. The van der Waals surface area contributed by atoms with Crippen molar-refractivity contribution in [3.8, 4) is 0 Å². The number of aliphatic imine (C=N–C) groups is 1. The lowest BCUT2D eigenvalue weighted by atomic mass is 9.96. The molecule has 7 nitrogen and oxygen atoms in total. The van der Waals surface area contributed by atoms with Crippen molar-refractivity contribution >= 4 is 27.5 Å². The van der Waals surface area contributed by atoms with Gasteiger partial charge in [-0.25, -0.2) is 4.98 Å². The van der Waals surface area contributed by atoms with E-state index in [2.05, 4.69) is 23.8 Å². The van der Waals surface area contributed by atoms with Gasteiger partial charge >= 0.3 is 0 Å². The Morgan fingerprint density at radius 3 is 2.73 bits per heavy atom. The monoisotopic (exact) mass is 431 g/mol. The molecule has 0 aliphatic carbocycles. The van der Waals surface area contributed by atoms with Crippen molar-refractivity contribution in [1.82, 2.24) is 9.97 Å². The molecule has 1 saturated heterocycles. The number of hydrogen-bond donors (Lipinski definition) is 1. The van der Waals surface area contributed by atoms with Crippen molar-refractivity contribution in [2.45, 2.75) is 51.6 Å². The van der Waals surface area contributed by atoms with Gasteiger partial charge in [0, 0.05) is 17.4 Å². The van der Waals surface area contributed by atoms with Gasteiger partial charge in [-0.05, 0) is 26.0 Å². The number of aromatic amines is 1. The molecule has 2 unspecified atom stereocenters. The molecule has 0 spiro atoms. The van der Waals surface area contributed by atoms with E-state index < -0.39 is 10.8 Å². The zero-order valence-electron chi connectivity index (χ0n) is 17.9. The van der Waals surface area contributed by atoms with Gasteiger partial charge in [-0.1, -0.05) is 26.0 Å². The molecule has 3 heterocycles. The van der Waals surface area contributed by atoms with Crippen LogP contribution in [0.3, 0.4) is 0 Å². The number of aromatic nitrogens is 2. The molecule has 2 aliphatic rings. The van der Waals surface area contributed by atoms with E-state index in [1.807, 2.05) is 38.1 Å². The molecule has 2 aromatic rings. The number of nitrogens with zero attached hydrogens (tertiary/aromatic N) is 2. The van der Waals surface area contributed by atoms with Crippen LogP contribution in [0.25, 0.3) is 11.0 Å². The third-order valence-electron chi connectivity index (χ3n) is 5.27. The minimum absolute atomic E-state index is 0.0333. The predicted octanol–water partition coefficient (Wildman–Crippen LogP) is 3.59. The fraction of sp³-hybridized carbons (Fsp3) is 0.545. The Morgan fingerprint density at radius 2 is 2.00 bits per heavy atom. The second-order valence-corrected chi connectivity index (χ2v) is 10.1. The molecule has 0 amide bonds. The van der Waals surface area contributed by atoms with Crippen LogP contribution in [-0.4, -0.2) is 57.8 Å². The first-order valence-corrected chi connectivity index (χ1v) is 11.6. The minimum atomic E-state index is -1.32. The molecule has 1 aromatic carbocycles. The number of nitrogens with one attached hydrogen (secondary N) is 1. The summed E-state index contributed by atoms with van der Waals surface area (Å²) in [5, 5.41) is 0.471. The van der Waals surface area contributed by atoms with Crippen molar-refractivity contribution in [1.29, 1.82) is 0 Å². The number of benzene rings is 1. The quantitative estimate of drug-likeness (QED) is 0.755. The summed E-state index contributed by atoms with van der Waals surface area (Å²) in [6.45, 7) is 9.89. The van der Waals surface area contributed by atoms with E-state index in [1.165, 1.54) is 0 Å². The third kappa shape index (κ3) is 4.82. The standard InChI is InChI=1S/C22H29N3O4S/c1-14-9-19(27-10-20-28-12-22(3,4)13-29-20)15(2)18(23-14)11-30(26)21-24-16-7-5-6-8-17(16)25-21/h5-8,14,20H,9-13H2,1-4H3,(H,24,25). The summed E-state index contributed by atoms with van der Waals surface area (Å²) in [6, 6.07) is 7.74. The number of hydrogen-bond acceptors (Lipinski definition) is 6. The number of rotatable bonds is 6. The van der Waals surface area contributed by atoms with E-state index in [-0.39, 0.29) is 17.7 Å². The molecule has 2 atom stereocenters. The first-order chi connectivity index (χ1) is 14.3. The molecular weight excluding hydrogens is 402 g/mol. The van der Waals surface area contributed by atoms with Crippen LogP contribution in [0.4, 0.5) is 0 Å². The Balaban J connectivity index is 1.42. The van der Waals surface area contributed by atoms with Crippen molar-refractivity contribution in [2.24, 2.45) is 10.4 Å². The Bertz CT molecular complexity index is 968. The van der Waals surface area contributed by atoms with Gasteiger partial charge in [0.25, 0.3) is 0 Å². The highest BCUT2D eigenvalue weighted by Gasteiger charge is 2.29. The van der Waals surface area contributed by atoms with Crippen LogP contribution in [0.1, 0.15) is 34.1 Å². The normalized spacial score (nSPS) is 23.5. The van der Waals surface area contributed by atoms with Crippen molar-refractivity contribution < 1.29 is 18.4 Å². The molecule has 1 aromatic heterocycles. The predicted molar refractivity (Wildman–Crippen MR) is 117 cm³/mol. The van der Waals surface area contributed by atoms with Crippen LogP contribution in [0.2, 0.25) is 0 Å². The first kappa shape index (κ1) is 21.2. The molecule has 8 heteroatoms. The molecular formula is C22H29N3O4S. The maximum atomic E-state index is 12.9. The lowest BCUT2D eigenvalue weighted by Crippen LogP contribution is -2.40. The lowest BCUT2D eigenvalue weighted by Gasteiger charge is -2.34. The van der Waals surface area contributed by atoms with Crippen LogP contribution in [0.5, 0.6) is 0 Å². The molecule has 2 aliphatic heterocycles. The highest BCUT2D eigenvalue weighted by molar-refractivity contribution is 7.85. The van der Waals surface area contributed by atoms with E-state index in [9.17, 15) is 4.21 Å². The molecule has 0 saturated carbocycles. The van der Waals surface area contributed by atoms with Crippen LogP contribution in [0, 0.1) is 5.41 Å². The first-order valence-electron chi connectivity index (χ1n) is 10.3. The number of dihydropyridines is 1. The maximum absolute atomic E-state index is 12.9. The largest absolute Gasteiger partial charge is 0.492 e. The van der Waals surface area contributed by atoms with Gasteiger partial charge in [-0.2, -0.15) is 0 Å². The molecule has 1 fully saturated rings. The van der Waals surface area contributed by atoms with E-state index in [0.29, 0.717) is 37.2 Å². The van der Waals surface area contributed by atoms with E-state index in [1.54, 1.807) is 0 Å². The van der Waals surface area contributed by atoms with Crippen molar-refractivity contribution in [3.05, 3.63) is 35.6 Å². The summed E-state index contributed by atoms with van der Waals surface area (Å²) >= 11 is 0. The second-order valence-electron chi connectivity index (χ2n) is 8.75. The summed E-state index contributed by atoms with van der Waals surface area (Å²) in [6.07, 6.45) is 0.353. The SMILES string of the molecule is CC1=C(OCC2OCC(C)(C)CO2)CC(C)N=C1CS(=O)c1nc2ccccc2[nH]1. The van der Waals surface area contributed by atoms with Gasteiger partial charge in [0.05, 0.1) is 52.6 Å². The molecule has 0 radical (unpaired) electrons. The van der Waals surface area contributed by atoms with Gasteiger partial charge < -0.3 is 19.2 Å². The fourth-order valence-corrected chi connectivity index (χ4v) is 4.63. The Morgan fingerprint density at radius 1 is 1.27 bits per heavy atom. The molecule has 4 rings (SSSR count). The van der Waals surface area contributed by atoms with Gasteiger partial charge in [0.15, 0.2) is 11.4 Å². The maximum Gasteiger partial charge on any atom is 0.197 e. The number of ether oxygens (including phenoxy) is 3. The third-order valence-corrected chi connectivity index (χ3v) is 6.43. The zero-order valence-corrected chi connectivity index (χ0v) is 18.8. The average Bonchev–Trinajstić information content (AvgIpc) is 3.14. The zero-order chi connectivity index (χ0) is 21.3. The second kappa shape index (κ2) is 8.61. The Labute approximate surface area is 179 Å². The smallest absolute Gasteiger partial charge is 0.197 e. The van der Waals surface area contributed by atoms with Crippen LogP contribution >= 0.6 is 0 Å². The number of H-pyrrole nitrogens is 1. The lowest BCUT2D eigenvalue weighted by molar-refractivity contribution is -0.236. The molecule has 30 heavy (non-hydrogen) atoms. The summed E-state index contributed by atoms with van der Waals surface area (Å²) in [5.41, 5.74) is 3.47. The van der Waals surface area contributed by atoms with Crippen molar-refractivity contribution in [2.75, 3.05) is 25.6 Å². The van der Waals surface area contributed by atoms with E-state index in [4.69, 9.17) is 19.2 Å². The van der Waals surface area contributed by atoms with Crippen LogP contribution in [-0.2, 0) is 25.0 Å². The Hall–Kier alpha value is -2.03. The van der Waals surface area contributed by atoms with Crippen LogP contribution < -0.4 is 0 Å². The number of fused-ring (bicyclic) bond motifs is 1. The average molecular weight is 432 g/mol. The summed E-state index contributed by atoms with van der Waals surface area (Å²) in [4.78, 5) is 12.3. The van der Waals surface area contributed by atoms with Crippen LogP contribution in [0.15, 0.2) is 45.7 Å². The van der Waals surface area contributed by atoms with E-state index in [0.717, 1.165) is 28.1 Å². The molecule has 1 N–H and O–H groups in total. The molecule has 162 valence electrons. The van der Waals surface area contributed by atoms with Gasteiger partial charge in [-0.3, -0.25) is 9.20 Å². The Kier molecular flexibility index (Phi) is 6.09.